The molecule has 0 aliphatic heterocycles. The van der Waals surface area contributed by atoms with Crippen molar-refractivity contribution >= 4 is 15.9 Å². The van der Waals surface area contributed by atoms with Gasteiger partial charge in [-0.25, -0.2) is 18.1 Å². The lowest BCUT2D eigenvalue weighted by atomic mass is 10.1. The SMILES string of the molecule is Cc1ccc(-c2ccc(C(=O)NS(=O)(=O)c3ccc[nH]c3=O)c(Oc3ccc(C)cc3C)n2)cc1. The molecule has 0 aliphatic carbocycles. The molecule has 178 valence electrons. The van der Waals surface area contributed by atoms with Gasteiger partial charge in [0.1, 0.15) is 11.3 Å². The molecule has 0 bridgehead atoms. The third-order valence-electron chi connectivity index (χ3n) is 5.29. The Hall–Kier alpha value is -4.24. The number of aromatic amines is 1. The molecule has 0 fully saturated rings. The molecule has 0 saturated heterocycles. The fraction of sp³-hybridized carbons (Fsp3) is 0.115. The highest BCUT2D eigenvalue weighted by Crippen LogP contribution is 2.30. The Morgan fingerprint density at radius 3 is 2.34 bits per heavy atom. The average molecular weight is 490 g/mol. The van der Waals surface area contributed by atoms with Crippen LogP contribution >= 0.6 is 0 Å². The number of nitrogens with one attached hydrogen (secondary N) is 2. The number of rotatable bonds is 6. The molecule has 0 radical (unpaired) electrons. The number of nitrogens with zero attached hydrogens (tertiary/aromatic N) is 1. The van der Waals surface area contributed by atoms with Gasteiger partial charge in [0, 0.05) is 11.8 Å². The van der Waals surface area contributed by atoms with Crippen molar-refractivity contribution in [2.45, 2.75) is 25.7 Å². The van der Waals surface area contributed by atoms with Crippen molar-refractivity contribution in [3.8, 4) is 22.9 Å². The normalized spacial score (nSPS) is 11.2. The maximum Gasteiger partial charge on any atom is 0.270 e. The molecule has 35 heavy (non-hydrogen) atoms. The first-order chi connectivity index (χ1) is 16.6. The zero-order chi connectivity index (χ0) is 25.2. The lowest BCUT2D eigenvalue weighted by Gasteiger charge is -2.14. The lowest BCUT2D eigenvalue weighted by molar-refractivity contribution is 0.0978. The van der Waals surface area contributed by atoms with Gasteiger partial charge in [0.05, 0.1) is 5.69 Å². The van der Waals surface area contributed by atoms with Crippen LogP contribution < -0.4 is 15.0 Å². The minimum absolute atomic E-state index is 0.0651. The zero-order valence-corrected chi connectivity index (χ0v) is 20.1. The monoisotopic (exact) mass is 489 g/mol. The van der Waals surface area contributed by atoms with Crippen LogP contribution in [0.5, 0.6) is 11.6 Å². The molecule has 8 nitrogen and oxygen atoms in total. The quantitative estimate of drug-likeness (QED) is 0.418. The highest BCUT2D eigenvalue weighted by Gasteiger charge is 2.25. The summed E-state index contributed by atoms with van der Waals surface area (Å²) in [5, 5.41) is 0. The Balaban J connectivity index is 1.76. The van der Waals surface area contributed by atoms with E-state index in [1.165, 1.54) is 18.3 Å². The molecule has 0 unspecified atom stereocenters. The smallest absolute Gasteiger partial charge is 0.270 e. The van der Waals surface area contributed by atoms with Crippen molar-refractivity contribution in [2.24, 2.45) is 0 Å². The number of carbonyl (C=O) groups excluding carboxylic acids is 1. The first-order valence-electron chi connectivity index (χ1n) is 10.7. The second-order valence-electron chi connectivity index (χ2n) is 8.08. The minimum atomic E-state index is -4.44. The van der Waals surface area contributed by atoms with Crippen molar-refractivity contribution < 1.29 is 17.9 Å². The van der Waals surface area contributed by atoms with E-state index in [1.54, 1.807) is 12.1 Å². The molecule has 0 saturated carbocycles. The predicted molar refractivity (Wildman–Crippen MR) is 132 cm³/mol. The van der Waals surface area contributed by atoms with Crippen LogP contribution in [0.25, 0.3) is 11.3 Å². The lowest BCUT2D eigenvalue weighted by Crippen LogP contribution is -2.34. The molecule has 2 N–H and O–H groups in total. The second kappa shape index (κ2) is 9.55. The van der Waals surface area contributed by atoms with E-state index in [1.807, 2.05) is 61.9 Å². The van der Waals surface area contributed by atoms with E-state index in [0.29, 0.717) is 11.4 Å². The molecule has 9 heteroatoms. The van der Waals surface area contributed by atoms with Crippen LogP contribution in [0.4, 0.5) is 0 Å². The number of pyridine rings is 2. The van der Waals surface area contributed by atoms with Gasteiger partial charge in [0.2, 0.25) is 5.88 Å². The van der Waals surface area contributed by atoms with Gasteiger partial charge in [0.25, 0.3) is 21.5 Å². The predicted octanol–water partition coefficient (Wildman–Crippen LogP) is 4.27. The zero-order valence-electron chi connectivity index (χ0n) is 19.3. The van der Waals surface area contributed by atoms with Crippen LogP contribution in [0.15, 0.2) is 82.6 Å². The van der Waals surface area contributed by atoms with Crippen molar-refractivity contribution in [2.75, 3.05) is 0 Å². The Kier molecular flexibility index (Phi) is 6.52. The maximum absolute atomic E-state index is 13.1. The standard InChI is InChI=1S/C26H23N3O5S/c1-16-6-9-19(10-7-16)21-12-11-20(26(28-21)34-22-13-8-17(2)15-18(22)3)24(30)29-35(32,33)23-5-4-14-27-25(23)31/h4-15H,1-3H3,(H,27,31)(H,29,30). The van der Waals surface area contributed by atoms with Gasteiger partial charge in [-0.2, -0.15) is 0 Å². The molecule has 2 aromatic carbocycles. The molecule has 0 atom stereocenters. The van der Waals surface area contributed by atoms with E-state index in [2.05, 4.69) is 9.97 Å². The van der Waals surface area contributed by atoms with Crippen molar-refractivity contribution in [3.05, 3.63) is 106 Å². The third-order valence-corrected chi connectivity index (χ3v) is 6.64. The third kappa shape index (κ3) is 5.30. The van der Waals surface area contributed by atoms with Gasteiger partial charge in [-0.1, -0.05) is 47.5 Å². The van der Waals surface area contributed by atoms with E-state index in [-0.39, 0.29) is 11.4 Å². The number of ether oxygens (including phenoxy) is 1. The van der Waals surface area contributed by atoms with Crippen molar-refractivity contribution in [3.63, 3.8) is 0 Å². The van der Waals surface area contributed by atoms with Crippen LogP contribution in [0, 0.1) is 20.8 Å². The summed E-state index contributed by atoms with van der Waals surface area (Å²) in [6.45, 7) is 5.78. The summed E-state index contributed by atoms with van der Waals surface area (Å²) < 4.78 is 33.4. The topological polar surface area (TPSA) is 118 Å². The fourth-order valence-corrected chi connectivity index (χ4v) is 4.47. The molecular formula is C26H23N3O5S. The van der Waals surface area contributed by atoms with Crippen molar-refractivity contribution in [1.29, 1.82) is 0 Å². The van der Waals surface area contributed by atoms with Gasteiger partial charge < -0.3 is 9.72 Å². The van der Waals surface area contributed by atoms with E-state index in [4.69, 9.17) is 4.74 Å². The number of sulfonamides is 1. The number of carbonyl (C=O) groups is 1. The molecule has 4 aromatic rings. The van der Waals surface area contributed by atoms with Crippen LogP contribution in [-0.4, -0.2) is 24.3 Å². The largest absolute Gasteiger partial charge is 0.438 e. The Bertz CT molecular complexity index is 1580. The van der Waals surface area contributed by atoms with Gasteiger partial charge in [-0.3, -0.25) is 9.59 Å². The number of aryl methyl sites for hydroxylation is 3. The number of H-pyrrole nitrogens is 1. The summed E-state index contributed by atoms with van der Waals surface area (Å²) in [5.74, 6) is -0.568. The van der Waals surface area contributed by atoms with Crippen molar-refractivity contribution in [1.82, 2.24) is 14.7 Å². The summed E-state index contributed by atoms with van der Waals surface area (Å²) in [6.07, 6.45) is 1.30. The molecule has 2 heterocycles. The summed E-state index contributed by atoms with van der Waals surface area (Å²) in [6, 6.07) is 18.7. The van der Waals surface area contributed by atoms with Gasteiger partial charge in [-0.15, -0.1) is 0 Å². The Morgan fingerprint density at radius 2 is 1.66 bits per heavy atom. The molecule has 2 aromatic heterocycles. The van der Waals surface area contributed by atoms with Gasteiger partial charge in [-0.05, 0) is 56.7 Å². The van der Waals surface area contributed by atoms with Crippen LogP contribution in [0.1, 0.15) is 27.0 Å². The van der Waals surface area contributed by atoms with E-state index >= 15 is 0 Å². The Labute approximate surface area is 202 Å². The van der Waals surface area contributed by atoms with Gasteiger partial charge >= 0.3 is 0 Å². The summed E-state index contributed by atoms with van der Waals surface area (Å²) in [4.78, 5) is 31.3. The summed E-state index contributed by atoms with van der Waals surface area (Å²) >= 11 is 0. The summed E-state index contributed by atoms with van der Waals surface area (Å²) in [7, 11) is -4.44. The van der Waals surface area contributed by atoms with E-state index in [9.17, 15) is 18.0 Å². The van der Waals surface area contributed by atoms with Crippen LogP contribution in [0.3, 0.4) is 0 Å². The maximum atomic E-state index is 13.1. The highest BCUT2D eigenvalue weighted by molar-refractivity contribution is 7.90. The van der Waals surface area contributed by atoms with E-state index in [0.717, 1.165) is 28.3 Å². The molecule has 1 amide bonds. The number of benzene rings is 2. The van der Waals surface area contributed by atoms with Crippen LogP contribution in [-0.2, 0) is 10.0 Å². The van der Waals surface area contributed by atoms with E-state index < -0.39 is 26.4 Å². The summed E-state index contributed by atoms with van der Waals surface area (Å²) in [5.41, 5.74) is 3.35. The second-order valence-corrected chi connectivity index (χ2v) is 9.74. The average Bonchev–Trinajstić information content (AvgIpc) is 2.81. The first kappa shape index (κ1) is 23.9. The number of amides is 1. The molecule has 0 spiro atoms. The molecule has 4 rings (SSSR count). The van der Waals surface area contributed by atoms with Gasteiger partial charge in [0.15, 0.2) is 4.90 Å². The highest BCUT2D eigenvalue weighted by atomic mass is 32.2. The number of hydrogen-bond donors (Lipinski definition) is 2. The first-order valence-corrected chi connectivity index (χ1v) is 12.2. The Morgan fingerprint density at radius 1 is 0.943 bits per heavy atom. The fourth-order valence-electron chi connectivity index (χ4n) is 3.44. The number of hydrogen-bond acceptors (Lipinski definition) is 6. The van der Waals surface area contributed by atoms with Crippen LogP contribution in [0.2, 0.25) is 0 Å². The number of aromatic nitrogens is 2. The molecule has 0 aliphatic rings. The minimum Gasteiger partial charge on any atom is -0.438 e. The molecular weight excluding hydrogens is 466 g/mol.